The Hall–Kier alpha value is -1.98. The lowest BCUT2D eigenvalue weighted by Gasteiger charge is -2.28. The van der Waals surface area contributed by atoms with Crippen LogP contribution in [0.25, 0.3) is 0 Å². The van der Waals surface area contributed by atoms with Gasteiger partial charge in [-0.15, -0.1) is 0 Å². The predicted octanol–water partition coefficient (Wildman–Crippen LogP) is 3.33. The first-order valence-electron chi connectivity index (χ1n) is 9.32. The van der Waals surface area contributed by atoms with Gasteiger partial charge in [-0.3, -0.25) is 9.88 Å². The molecular weight excluding hydrogens is 312 g/mol. The molecule has 2 bridgehead atoms. The third-order valence-electron chi connectivity index (χ3n) is 5.52. The van der Waals surface area contributed by atoms with E-state index in [1.165, 1.54) is 44.5 Å². The highest BCUT2D eigenvalue weighted by molar-refractivity contribution is 5.30. The second-order valence-electron chi connectivity index (χ2n) is 7.03. The molecule has 25 heavy (non-hydrogen) atoms. The molecule has 5 heteroatoms. The molecule has 0 spiro atoms. The smallest absolute Gasteiger partial charge is 0.237 e. The van der Waals surface area contributed by atoms with Gasteiger partial charge in [0.1, 0.15) is 5.75 Å². The summed E-state index contributed by atoms with van der Waals surface area (Å²) in [6.07, 6.45) is 8.91. The lowest BCUT2D eigenvalue weighted by Crippen LogP contribution is -2.38. The maximum absolute atomic E-state index is 5.73. The molecule has 2 aliphatic rings. The maximum Gasteiger partial charge on any atom is 0.237 e. The van der Waals surface area contributed by atoms with Gasteiger partial charge < -0.3 is 9.64 Å². The standard InChI is InChI=1S/C20H26N4O/c1-2-23-12-9-17-5-6-18(15-23)24(17)14-16-3-7-19(8-4-16)25-20-13-21-10-11-22-20/h3-4,7-8,10-11,13,17-18H,2,5-6,9,12,14-15H2,1H3/t17-,18+/m1/s1. The van der Waals surface area contributed by atoms with Crippen LogP contribution in [0.1, 0.15) is 31.7 Å². The summed E-state index contributed by atoms with van der Waals surface area (Å²) in [7, 11) is 0. The fourth-order valence-corrected chi connectivity index (χ4v) is 4.12. The van der Waals surface area contributed by atoms with Crippen molar-refractivity contribution >= 4 is 0 Å². The van der Waals surface area contributed by atoms with Crippen molar-refractivity contribution < 1.29 is 4.74 Å². The van der Waals surface area contributed by atoms with Crippen LogP contribution in [-0.2, 0) is 6.54 Å². The lowest BCUT2D eigenvalue weighted by atomic mass is 10.1. The zero-order chi connectivity index (χ0) is 17.1. The van der Waals surface area contributed by atoms with E-state index in [0.717, 1.165) is 18.3 Å². The zero-order valence-electron chi connectivity index (χ0n) is 14.8. The quantitative estimate of drug-likeness (QED) is 0.836. The average molecular weight is 338 g/mol. The van der Waals surface area contributed by atoms with E-state index in [0.29, 0.717) is 11.9 Å². The van der Waals surface area contributed by atoms with Crippen molar-refractivity contribution in [1.82, 2.24) is 19.8 Å². The van der Waals surface area contributed by atoms with Gasteiger partial charge in [-0.1, -0.05) is 19.1 Å². The Bertz CT molecular complexity index is 676. The Kier molecular flexibility index (Phi) is 4.95. The molecule has 0 radical (unpaired) electrons. The molecule has 132 valence electrons. The third kappa shape index (κ3) is 3.83. The number of hydrogen-bond acceptors (Lipinski definition) is 5. The van der Waals surface area contributed by atoms with E-state index in [-0.39, 0.29) is 0 Å². The number of nitrogens with zero attached hydrogens (tertiary/aromatic N) is 4. The Balaban J connectivity index is 1.41. The van der Waals surface area contributed by atoms with E-state index in [1.807, 2.05) is 12.1 Å². The van der Waals surface area contributed by atoms with Crippen LogP contribution >= 0.6 is 0 Å². The molecule has 0 aliphatic carbocycles. The topological polar surface area (TPSA) is 41.5 Å². The number of likely N-dealkylation sites (tertiary alicyclic amines) is 1. The molecule has 1 aromatic carbocycles. The van der Waals surface area contributed by atoms with Gasteiger partial charge in [-0.05, 0) is 50.0 Å². The van der Waals surface area contributed by atoms with E-state index < -0.39 is 0 Å². The van der Waals surface area contributed by atoms with Gasteiger partial charge in [0.25, 0.3) is 0 Å². The highest BCUT2D eigenvalue weighted by Gasteiger charge is 2.36. The molecule has 4 rings (SSSR count). The fraction of sp³-hybridized carbons (Fsp3) is 0.500. The van der Waals surface area contributed by atoms with Crippen molar-refractivity contribution in [2.24, 2.45) is 0 Å². The summed E-state index contributed by atoms with van der Waals surface area (Å²) in [6.45, 7) is 6.96. The summed E-state index contributed by atoms with van der Waals surface area (Å²) >= 11 is 0. The number of fused-ring (bicyclic) bond motifs is 2. The summed E-state index contributed by atoms with van der Waals surface area (Å²) in [5, 5.41) is 0. The van der Waals surface area contributed by atoms with Gasteiger partial charge in [-0.2, -0.15) is 0 Å². The molecular formula is C20H26N4O. The third-order valence-corrected chi connectivity index (χ3v) is 5.52. The predicted molar refractivity (Wildman–Crippen MR) is 97.6 cm³/mol. The first kappa shape index (κ1) is 16.5. The minimum Gasteiger partial charge on any atom is -0.438 e. The number of hydrogen-bond donors (Lipinski definition) is 0. The van der Waals surface area contributed by atoms with Crippen molar-refractivity contribution in [1.29, 1.82) is 0 Å². The molecule has 0 saturated carbocycles. The number of rotatable bonds is 5. The first-order chi connectivity index (χ1) is 12.3. The molecule has 2 saturated heterocycles. The SMILES string of the molecule is CCN1CC[C@H]2CC[C@@H](C1)N2Cc1ccc(Oc2cnccn2)cc1. The molecule has 3 heterocycles. The average Bonchev–Trinajstić information content (AvgIpc) is 2.91. The van der Waals surface area contributed by atoms with Gasteiger partial charge in [-0.25, -0.2) is 4.98 Å². The highest BCUT2D eigenvalue weighted by atomic mass is 16.5. The molecule has 0 unspecified atom stereocenters. The van der Waals surface area contributed by atoms with Gasteiger partial charge in [0.15, 0.2) is 0 Å². The van der Waals surface area contributed by atoms with Gasteiger partial charge in [0.2, 0.25) is 5.88 Å². The second kappa shape index (κ2) is 7.50. The maximum atomic E-state index is 5.73. The van der Waals surface area contributed by atoms with E-state index in [1.54, 1.807) is 18.6 Å². The largest absolute Gasteiger partial charge is 0.438 e. The molecule has 2 aliphatic heterocycles. The highest BCUT2D eigenvalue weighted by Crippen LogP contribution is 2.32. The van der Waals surface area contributed by atoms with Crippen molar-refractivity contribution in [2.45, 2.75) is 44.8 Å². The summed E-state index contributed by atoms with van der Waals surface area (Å²) in [5.74, 6) is 1.33. The Labute approximate surface area is 149 Å². The van der Waals surface area contributed by atoms with Crippen LogP contribution in [-0.4, -0.2) is 51.5 Å². The molecule has 0 N–H and O–H groups in total. The Morgan fingerprint density at radius 1 is 1.08 bits per heavy atom. The molecule has 0 amide bonds. The molecule has 2 fully saturated rings. The van der Waals surface area contributed by atoms with Crippen LogP contribution in [0.2, 0.25) is 0 Å². The van der Waals surface area contributed by atoms with E-state index in [9.17, 15) is 0 Å². The van der Waals surface area contributed by atoms with Crippen molar-refractivity contribution in [3.8, 4) is 11.6 Å². The van der Waals surface area contributed by atoms with Crippen LogP contribution < -0.4 is 4.74 Å². The Morgan fingerprint density at radius 3 is 2.68 bits per heavy atom. The van der Waals surface area contributed by atoms with E-state index in [2.05, 4.69) is 38.8 Å². The van der Waals surface area contributed by atoms with Gasteiger partial charge in [0.05, 0.1) is 6.20 Å². The first-order valence-corrected chi connectivity index (χ1v) is 9.32. The van der Waals surface area contributed by atoms with Gasteiger partial charge in [0, 0.05) is 37.6 Å². The number of likely N-dealkylation sites (N-methyl/N-ethyl adjacent to an activating group) is 1. The molecule has 2 aromatic rings. The van der Waals surface area contributed by atoms with Crippen molar-refractivity contribution in [2.75, 3.05) is 19.6 Å². The van der Waals surface area contributed by atoms with E-state index in [4.69, 9.17) is 4.74 Å². The van der Waals surface area contributed by atoms with Crippen LogP contribution in [0, 0.1) is 0 Å². The zero-order valence-corrected chi connectivity index (χ0v) is 14.8. The van der Waals surface area contributed by atoms with Crippen LogP contribution in [0.15, 0.2) is 42.9 Å². The summed E-state index contributed by atoms with van der Waals surface area (Å²) in [5.41, 5.74) is 1.35. The Morgan fingerprint density at radius 2 is 1.92 bits per heavy atom. The minimum atomic E-state index is 0.528. The van der Waals surface area contributed by atoms with Crippen LogP contribution in [0.3, 0.4) is 0 Å². The van der Waals surface area contributed by atoms with Crippen molar-refractivity contribution in [3.63, 3.8) is 0 Å². The summed E-state index contributed by atoms with van der Waals surface area (Å²) in [4.78, 5) is 13.5. The van der Waals surface area contributed by atoms with E-state index >= 15 is 0 Å². The molecule has 5 nitrogen and oxygen atoms in total. The lowest BCUT2D eigenvalue weighted by molar-refractivity contribution is 0.179. The molecule has 1 aromatic heterocycles. The summed E-state index contributed by atoms with van der Waals surface area (Å²) in [6, 6.07) is 9.87. The number of ether oxygens (including phenoxy) is 1. The van der Waals surface area contributed by atoms with Crippen LogP contribution in [0.4, 0.5) is 0 Å². The fourth-order valence-electron chi connectivity index (χ4n) is 4.12. The number of aromatic nitrogens is 2. The normalized spacial score (nSPS) is 24.2. The minimum absolute atomic E-state index is 0.528. The van der Waals surface area contributed by atoms with Crippen LogP contribution in [0.5, 0.6) is 11.6 Å². The van der Waals surface area contributed by atoms with Crippen molar-refractivity contribution in [3.05, 3.63) is 48.4 Å². The van der Waals surface area contributed by atoms with Gasteiger partial charge >= 0.3 is 0 Å². The number of benzene rings is 1. The molecule has 2 atom stereocenters. The summed E-state index contributed by atoms with van der Waals surface area (Å²) < 4.78 is 5.73. The monoisotopic (exact) mass is 338 g/mol. The second-order valence-corrected chi connectivity index (χ2v) is 7.03.